The van der Waals surface area contributed by atoms with E-state index in [1.807, 2.05) is 22.9 Å². The third-order valence-corrected chi connectivity index (χ3v) is 4.37. The molecule has 1 fully saturated rings. The highest BCUT2D eigenvalue weighted by Gasteiger charge is 2.22. The third kappa shape index (κ3) is 3.22. The number of rotatable bonds is 4. The van der Waals surface area contributed by atoms with Crippen molar-refractivity contribution < 1.29 is 4.74 Å². The molecule has 5 heteroatoms. The summed E-state index contributed by atoms with van der Waals surface area (Å²) in [6, 6.07) is 6.37. The van der Waals surface area contributed by atoms with Crippen molar-refractivity contribution in [2.75, 3.05) is 12.4 Å². The first-order chi connectivity index (χ1) is 10.3. The van der Waals surface area contributed by atoms with Gasteiger partial charge in [0.05, 0.1) is 28.8 Å². The molecule has 3 rings (SSSR count). The van der Waals surface area contributed by atoms with E-state index in [1.54, 1.807) is 19.6 Å². The normalized spacial score (nSPS) is 22.2. The standard InChI is InChI=1S/C16H20ClN3O/c1-21-13-5-2-4-12(10-13)19-15-7-3-6-14(17)16(15)20-9-8-18-11-20/h3,6-9,11-13,19H,2,4-5,10H2,1H3. The second-order valence-corrected chi connectivity index (χ2v) is 5.88. The molecule has 2 aromatic rings. The maximum Gasteiger partial charge on any atom is 0.0992 e. The van der Waals surface area contributed by atoms with Crippen LogP contribution >= 0.6 is 11.6 Å². The average molecular weight is 306 g/mol. The topological polar surface area (TPSA) is 39.1 Å². The van der Waals surface area contributed by atoms with Crippen molar-refractivity contribution in [1.82, 2.24) is 9.55 Å². The fraction of sp³-hybridized carbons (Fsp3) is 0.438. The van der Waals surface area contributed by atoms with Crippen LogP contribution in [0.4, 0.5) is 5.69 Å². The lowest BCUT2D eigenvalue weighted by atomic mass is 9.92. The SMILES string of the molecule is COC1CCCC(Nc2cccc(Cl)c2-n2ccnc2)C1. The van der Waals surface area contributed by atoms with Crippen LogP contribution in [-0.2, 0) is 4.74 Å². The number of hydrogen-bond acceptors (Lipinski definition) is 3. The number of anilines is 1. The number of benzene rings is 1. The number of imidazole rings is 1. The Labute approximate surface area is 130 Å². The van der Waals surface area contributed by atoms with Crippen molar-refractivity contribution in [2.45, 2.75) is 37.8 Å². The molecule has 1 heterocycles. The number of aromatic nitrogens is 2. The summed E-state index contributed by atoms with van der Waals surface area (Å²) in [4.78, 5) is 4.11. The van der Waals surface area contributed by atoms with Gasteiger partial charge in [-0.25, -0.2) is 4.98 Å². The number of nitrogens with one attached hydrogen (secondary N) is 1. The number of hydrogen-bond donors (Lipinski definition) is 1. The highest BCUT2D eigenvalue weighted by atomic mass is 35.5. The van der Waals surface area contributed by atoms with Crippen LogP contribution in [0.15, 0.2) is 36.9 Å². The second-order valence-electron chi connectivity index (χ2n) is 5.47. The molecule has 1 saturated carbocycles. The van der Waals surface area contributed by atoms with Gasteiger partial charge < -0.3 is 14.6 Å². The van der Waals surface area contributed by atoms with E-state index in [2.05, 4.69) is 16.4 Å². The van der Waals surface area contributed by atoms with Gasteiger partial charge >= 0.3 is 0 Å². The van der Waals surface area contributed by atoms with E-state index >= 15 is 0 Å². The van der Waals surface area contributed by atoms with Gasteiger partial charge in [-0.2, -0.15) is 0 Å². The van der Waals surface area contributed by atoms with Gasteiger partial charge in [-0.3, -0.25) is 0 Å². The maximum atomic E-state index is 6.38. The quantitative estimate of drug-likeness (QED) is 0.931. The summed E-state index contributed by atoms with van der Waals surface area (Å²) in [5, 5.41) is 4.35. The predicted molar refractivity (Wildman–Crippen MR) is 85.2 cm³/mol. The average Bonchev–Trinajstić information content (AvgIpc) is 3.01. The molecule has 1 aliphatic rings. The summed E-state index contributed by atoms with van der Waals surface area (Å²) in [6.45, 7) is 0. The first-order valence-corrected chi connectivity index (χ1v) is 7.72. The van der Waals surface area contributed by atoms with Gasteiger partial charge in [0.1, 0.15) is 0 Å². The molecule has 0 spiro atoms. The van der Waals surface area contributed by atoms with E-state index in [0.29, 0.717) is 12.1 Å². The molecule has 0 bridgehead atoms. The van der Waals surface area contributed by atoms with E-state index in [9.17, 15) is 0 Å². The van der Waals surface area contributed by atoms with Crippen molar-refractivity contribution in [1.29, 1.82) is 0 Å². The number of para-hydroxylation sites is 1. The molecular formula is C16H20ClN3O. The summed E-state index contributed by atoms with van der Waals surface area (Å²) in [7, 11) is 1.79. The lowest BCUT2D eigenvalue weighted by Gasteiger charge is -2.30. The first-order valence-electron chi connectivity index (χ1n) is 7.34. The van der Waals surface area contributed by atoms with Crippen LogP contribution in [0.1, 0.15) is 25.7 Å². The maximum absolute atomic E-state index is 6.38. The Bertz CT molecular complexity index is 585. The molecular weight excluding hydrogens is 286 g/mol. The minimum atomic E-state index is 0.354. The molecule has 1 N–H and O–H groups in total. The fourth-order valence-electron chi connectivity index (χ4n) is 3.00. The fourth-order valence-corrected chi connectivity index (χ4v) is 3.27. The van der Waals surface area contributed by atoms with Crippen LogP contribution in [0.3, 0.4) is 0 Å². The zero-order chi connectivity index (χ0) is 14.7. The van der Waals surface area contributed by atoms with E-state index < -0.39 is 0 Å². The lowest BCUT2D eigenvalue weighted by molar-refractivity contribution is 0.0669. The van der Waals surface area contributed by atoms with Crippen LogP contribution in [-0.4, -0.2) is 28.8 Å². The Hall–Kier alpha value is -1.52. The van der Waals surface area contributed by atoms with Gasteiger partial charge in [0.15, 0.2) is 0 Å². The highest BCUT2D eigenvalue weighted by molar-refractivity contribution is 6.33. The number of nitrogens with zero attached hydrogens (tertiary/aromatic N) is 2. The largest absolute Gasteiger partial charge is 0.381 e. The van der Waals surface area contributed by atoms with Crippen LogP contribution in [0.25, 0.3) is 5.69 Å². The van der Waals surface area contributed by atoms with Gasteiger partial charge in [0.25, 0.3) is 0 Å². The highest BCUT2D eigenvalue weighted by Crippen LogP contribution is 2.31. The van der Waals surface area contributed by atoms with Crippen molar-refractivity contribution in [3.05, 3.63) is 41.9 Å². The van der Waals surface area contributed by atoms with E-state index in [4.69, 9.17) is 16.3 Å². The predicted octanol–water partition coefficient (Wildman–Crippen LogP) is 3.90. The van der Waals surface area contributed by atoms with E-state index in [-0.39, 0.29) is 0 Å². The molecule has 2 unspecified atom stereocenters. The lowest BCUT2D eigenvalue weighted by Crippen LogP contribution is -2.31. The molecule has 112 valence electrons. The zero-order valence-corrected chi connectivity index (χ0v) is 12.9. The molecule has 21 heavy (non-hydrogen) atoms. The smallest absolute Gasteiger partial charge is 0.0992 e. The molecule has 4 nitrogen and oxygen atoms in total. The minimum absolute atomic E-state index is 0.354. The molecule has 1 aromatic heterocycles. The van der Waals surface area contributed by atoms with Crippen molar-refractivity contribution >= 4 is 17.3 Å². The van der Waals surface area contributed by atoms with Crippen LogP contribution in [0.5, 0.6) is 0 Å². The molecule has 1 aliphatic carbocycles. The Morgan fingerprint density at radius 3 is 3.05 bits per heavy atom. The van der Waals surface area contributed by atoms with Crippen LogP contribution < -0.4 is 5.32 Å². The van der Waals surface area contributed by atoms with Crippen molar-refractivity contribution in [3.63, 3.8) is 0 Å². The Morgan fingerprint density at radius 1 is 1.38 bits per heavy atom. The van der Waals surface area contributed by atoms with Gasteiger partial charge in [-0.15, -0.1) is 0 Å². The van der Waals surface area contributed by atoms with Crippen molar-refractivity contribution in [2.24, 2.45) is 0 Å². The number of ether oxygens (including phenoxy) is 1. The summed E-state index contributed by atoms with van der Waals surface area (Å²) in [5.41, 5.74) is 2.00. The Kier molecular flexibility index (Phi) is 4.46. The van der Waals surface area contributed by atoms with Gasteiger partial charge in [-0.05, 0) is 37.8 Å². The summed E-state index contributed by atoms with van der Waals surface area (Å²) < 4.78 is 7.45. The third-order valence-electron chi connectivity index (χ3n) is 4.07. The second kappa shape index (κ2) is 6.50. The minimum Gasteiger partial charge on any atom is -0.381 e. The molecule has 0 saturated heterocycles. The van der Waals surface area contributed by atoms with Crippen molar-refractivity contribution in [3.8, 4) is 5.69 Å². The number of methoxy groups -OCH3 is 1. The molecule has 2 atom stereocenters. The Morgan fingerprint density at radius 2 is 2.29 bits per heavy atom. The zero-order valence-electron chi connectivity index (χ0n) is 12.1. The van der Waals surface area contributed by atoms with Gasteiger partial charge in [0.2, 0.25) is 0 Å². The first kappa shape index (κ1) is 14.4. The molecule has 0 radical (unpaired) electrons. The van der Waals surface area contributed by atoms with Gasteiger partial charge in [0, 0.05) is 25.5 Å². The van der Waals surface area contributed by atoms with Crippen LogP contribution in [0, 0.1) is 0 Å². The van der Waals surface area contributed by atoms with Gasteiger partial charge in [-0.1, -0.05) is 17.7 Å². The number of halogens is 1. The summed E-state index contributed by atoms with van der Waals surface area (Å²) in [6.07, 6.45) is 10.3. The monoisotopic (exact) mass is 305 g/mol. The molecule has 1 aromatic carbocycles. The summed E-state index contributed by atoms with van der Waals surface area (Å²) >= 11 is 6.38. The molecule has 0 amide bonds. The summed E-state index contributed by atoms with van der Waals surface area (Å²) in [5.74, 6) is 0. The van der Waals surface area contributed by atoms with Crippen LogP contribution in [0.2, 0.25) is 5.02 Å². The van der Waals surface area contributed by atoms with E-state index in [0.717, 1.165) is 35.7 Å². The Balaban J connectivity index is 1.84. The molecule has 0 aliphatic heterocycles. The van der Waals surface area contributed by atoms with E-state index in [1.165, 1.54) is 6.42 Å².